The Morgan fingerprint density at radius 3 is 2.36 bits per heavy atom. The maximum Gasteiger partial charge on any atom is 0.416 e. The maximum atomic E-state index is 12.6. The van der Waals surface area contributed by atoms with E-state index in [9.17, 15) is 18.0 Å². The van der Waals surface area contributed by atoms with Crippen LogP contribution in [-0.4, -0.2) is 29.0 Å². The molecule has 1 N–H and O–H groups in total. The van der Waals surface area contributed by atoms with E-state index in [1.54, 1.807) is 0 Å². The van der Waals surface area contributed by atoms with E-state index in [4.69, 9.17) is 0 Å². The summed E-state index contributed by atoms with van der Waals surface area (Å²) in [5, 5.41) is 2.55. The number of carbonyl (C=O) groups is 1. The molecule has 0 radical (unpaired) electrons. The van der Waals surface area contributed by atoms with Gasteiger partial charge in [0.25, 0.3) is 5.91 Å². The summed E-state index contributed by atoms with van der Waals surface area (Å²) in [6.07, 6.45) is 0.401. The summed E-state index contributed by atoms with van der Waals surface area (Å²) in [4.78, 5) is 22.8. The van der Waals surface area contributed by atoms with Crippen LogP contribution < -0.4 is 10.2 Å². The molecule has 2 aromatic rings. The molecular weight excluding hydrogens is 333 g/mol. The Labute approximate surface area is 142 Å². The fourth-order valence-electron chi connectivity index (χ4n) is 2.66. The van der Waals surface area contributed by atoms with Crippen LogP contribution in [0.1, 0.15) is 35.3 Å². The number of anilines is 2. The third-order valence-corrected chi connectivity index (χ3v) is 3.98. The number of amides is 1. The summed E-state index contributed by atoms with van der Waals surface area (Å²) in [6.45, 7) is 1.70. The average molecular weight is 350 g/mol. The third-order valence-electron chi connectivity index (χ3n) is 3.98. The van der Waals surface area contributed by atoms with Crippen molar-refractivity contribution in [3.63, 3.8) is 0 Å². The van der Waals surface area contributed by atoms with E-state index in [1.165, 1.54) is 30.8 Å². The van der Waals surface area contributed by atoms with Gasteiger partial charge in [-0.25, -0.2) is 9.97 Å². The highest BCUT2D eigenvalue weighted by molar-refractivity contribution is 6.02. The molecule has 0 aliphatic carbocycles. The van der Waals surface area contributed by atoms with Gasteiger partial charge in [0.05, 0.1) is 5.56 Å². The number of piperidine rings is 1. The molecule has 25 heavy (non-hydrogen) atoms. The zero-order chi connectivity index (χ0) is 17.9. The largest absolute Gasteiger partial charge is 0.416 e. The first kappa shape index (κ1) is 17.2. The molecule has 0 atom stereocenters. The molecule has 0 saturated carbocycles. The Morgan fingerprint density at radius 1 is 1.04 bits per heavy atom. The molecule has 8 heteroatoms. The topological polar surface area (TPSA) is 58.1 Å². The van der Waals surface area contributed by atoms with Crippen LogP contribution in [-0.2, 0) is 6.18 Å². The van der Waals surface area contributed by atoms with Gasteiger partial charge in [-0.05, 0) is 49.6 Å². The van der Waals surface area contributed by atoms with E-state index in [0.29, 0.717) is 5.95 Å². The molecule has 1 aliphatic heterocycles. The van der Waals surface area contributed by atoms with Crippen LogP contribution in [0.3, 0.4) is 0 Å². The fraction of sp³-hybridized carbons (Fsp3) is 0.353. The SMILES string of the molecule is O=C(Nc1ccc(C(F)(F)F)cc1)c1ccnc(N2CCCCC2)n1. The van der Waals surface area contributed by atoms with Gasteiger partial charge in [0.15, 0.2) is 0 Å². The second-order valence-electron chi connectivity index (χ2n) is 5.82. The van der Waals surface area contributed by atoms with Gasteiger partial charge in [-0.1, -0.05) is 0 Å². The van der Waals surface area contributed by atoms with E-state index >= 15 is 0 Å². The van der Waals surface area contributed by atoms with Crippen LogP contribution in [0.15, 0.2) is 36.5 Å². The van der Waals surface area contributed by atoms with Gasteiger partial charge in [-0.15, -0.1) is 0 Å². The molecule has 1 aromatic heterocycles. The highest BCUT2D eigenvalue weighted by Crippen LogP contribution is 2.29. The molecule has 1 aliphatic rings. The molecule has 3 rings (SSSR count). The van der Waals surface area contributed by atoms with Crippen LogP contribution in [0.4, 0.5) is 24.8 Å². The zero-order valence-corrected chi connectivity index (χ0v) is 13.4. The second-order valence-corrected chi connectivity index (χ2v) is 5.82. The predicted molar refractivity (Wildman–Crippen MR) is 87.5 cm³/mol. The molecule has 0 spiro atoms. The molecule has 132 valence electrons. The first-order valence-electron chi connectivity index (χ1n) is 8.00. The van der Waals surface area contributed by atoms with E-state index in [-0.39, 0.29) is 11.4 Å². The van der Waals surface area contributed by atoms with Crippen molar-refractivity contribution in [2.45, 2.75) is 25.4 Å². The predicted octanol–water partition coefficient (Wildman–Crippen LogP) is 3.74. The highest BCUT2D eigenvalue weighted by Gasteiger charge is 2.30. The monoisotopic (exact) mass is 350 g/mol. The van der Waals surface area contributed by atoms with E-state index in [0.717, 1.165) is 38.1 Å². The smallest absolute Gasteiger partial charge is 0.341 e. The molecule has 5 nitrogen and oxygen atoms in total. The number of benzene rings is 1. The maximum absolute atomic E-state index is 12.6. The van der Waals surface area contributed by atoms with Gasteiger partial charge in [-0.3, -0.25) is 4.79 Å². The van der Waals surface area contributed by atoms with Crippen molar-refractivity contribution < 1.29 is 18.0 Å². The van der Waals surface area contributed by atoms with Crippen LogP contribution >= 0.6 is 0 Å². The lowest BCUT2D eigenvalue weighted by Gasteiger charge is -2.26. The molecule has 1 amide bonds. The van der Waals surface area contributed by atoms with Gasteiger partial charge in [0.2, 0.25) is 5.95 Å². The minimum Gasteiger partial charge on any atom is -0.341 e. The average Bonchev–Trinajstić information content (AvgIpc) is 2.62. The summed E-state index contributed by atoms with van der Waals surface area (Å²) in [5.74, 6) is 0.0141. The summed E-state index contributed by atoms with van der Waals surface area (Å²) in [6, 6.07) is 5.76. The third kappa shape index (κ3) is 4.26. The quantitative estimate of drug-likeness (QED) is 0.916. The molecule has 2 heterocycles. The number of carbonyl (C=O) groups excluding carboxylic acids is 1. The van der Waals surface area contributed by atoms with E-state index < -0.39 is 17.6 Å². The normalized spacial score (nSPS) is 15.1. The van der Waals surface area contributed by atoms with Crippen molar-refractivity contribution in [3.8, 4) is 0 Å². The summed E-state index contributed by atoms with van der Waals surface area (Å²) in [5.41, 5.74) is -0.313. The van der Waals surface area contributed by atoms with Crippen LogP contribution in [0.2, 0.25) is 0 Å². The molecule has 0 bridgehead atoms. The molecule has 1 fully saturated rings. The lowest BCUT2D eigenvalue weighted by Crippen LogP contribution is -2.31. The van der Waals surface area contributed by atoms with Gasteiger partial charge in [-0.2, -0.15) is 13.2 Å². The lowest BCUT2D eigenvalue weighted by atomic mass is 10.1. The molecular formula is C17H17F3N4O. The van der Waals surface area contributed by atoms with Crippen molar-refractivity contribution in [1.82, 2.24) is 9.97 Å². The Balaban J connectivity index is 1.70. The summed E-state index contributed by atoms with van der Waals surface area (Å²) < 4.78 is 37.7. The van der Waals surface area contributed by atoms with Crippen molar-refractivity contribution in [2.75, 3.05) is 23.3 Å². The van der Waals surface area contributed by atoms with Gasteiger partial charge in [0.1, 0.15) is 5.69 Å². The van der Waals surface area contributed by atoms with E-state index in [1.807, 2.05) is 4.90 Å². The van der Waals surface area contributed by atoms with Crippen molar-refractivity contribution in [3.05, 3.63) is 47.8 Å². The minimum absolute atomic E-state index is 0.176. The van der Waals surface area contributed by atoms with Crippen LogP contribution in [0.25, 0.3) is 0 Å². The Bertz CT molecular complexity index is 740. The number of halogens is 3. The fourth-order valence-corrected chi connectivity index (χ4v) is 2.66. The first-order chi connectivity index (χ1) is 11.9. The molecule has 1 saturated heterocycles. The Hall–Kier alpha value is -2.64. The zero-order valence-electron chi connectivity index (χ0n) is 13.4. The standard InChI is InChI=1S/C17H17F3N4O/c18-17(19,20)12-4-6-13(7-5-12)22-15(25)14-8-9-21-16(23-14)24-10-2-1-3-11-24/h4-9H,1-3,10-11H2,(H,22,25). The number of hydrogen-bond donors (Lipinski definition) is 1. The van der Waals surface area contributed by atoms with Gasteiger partial charge in [0, 0.05) is 25.0 Å². The number of nitrogens with one attached hydrogen (secondary N) is 1. The van der Waals surface area contributed by atoms with Crippen molar-refractivity contribution >= 4 is 17.5 Å². The van der Waals surface area contributed by atoms with Crippen molar-refractivity contribution in [2.24, 2.45) is 0 Å². The van der Waals surface area contributed by atoms with Gasteiger partial charge >= 0.3 is 6.18 Å². The summed E-state index contributed by atoms with van der Waals surface area (Å²) >= 11 is 0. The number of nitrogens with zero attached hydrogens (tertiary/aromatic N) is 3. The highest BCUT2D eigenvalue weighted by atomic mass is 19.4. The number of rotatable bonds is 3. The lowest BCUT2D eigenvalue weighted by molar-refractivity contribution is -0.137. The molecule has 0 unspecified atom stereocenters. The minimum atomic E-state index is -4.40. The van der Waals surface area contributed by atoms with E-state index in [2.05, 4.69) is 15.3 Å². The second kappa shape index (κ2) is 7.08. The van der Waals surface area contributed by atoms with Gasteiger partial charge < -0.3 is 10.2 Å². The van der Waals surface area contributed by atoms with Crippen LogP contribution in [0.5, 0.6) is 0 Å². The first-order valence-corrected chi connectivity index (χ1v) is 8.00. The number of hydrogen-bond acceptors (Lipinski definition) is 4. The Morgan fingerprint density at radius 2 is 1.72 bits per heavy atom. The number of alkyl halides is 3. The number of aromatic nitrogens is 2. The Kier molecular flexibility index (Phi) is 4.87. The van der Waals surface area contributed by atoms with Crippen LogP contribution in [0, 0.1) is 0 Å². The van der Waals surface area contributed by atoms with Crippen molar-refractivity contribution in [1.29, 1.82) is 0 Å². The summed E-state index contributed by atoms with van der Waals surface area (Å²) in [7, 11) is 0. The molecule has 1 aromatic carbocycles.